The molecule has 1 unspecified atom stereocenters. The van der Waals surface area contributed by atoms with E-state index in [0.29, 0.717) is 18.0 Å². The fourth-order valence-electron chi connectivity index (χ4n) is 2.30. The number of amides is 1. The SMILES string of the molecule is COc1ccccc1OCCN(C)C(=O)C1CC(F)(F)CN1.Cl. The molecule has 1 fully saturated rings. The third kappa shape index (κ3) is 5.21. The van der Waals surface area contributed by atoms with Crippen LogP contribution < -0.4 is 14.8 Å². The van der Waals surface area contributed by atoms with Gasteiger partial charge in [-0.3, -0.25) is 10.1 Å². The number of methoxy groups -OCH3 is 1. The van der Waals surface area contributed by atoms with E-state index < -0.39 is 24.9 Å². The van der Waals surface area contributed by atoms with Gasteiger partial charge in [0, 0.05) is 13.5 Å². The summed E-state index contributed by atoms with van der Waals surface area (Å²) in [4.78, 5) is 13.4. The minimum atomic E-state index is -2.81. The second-order valence-corrected chi connectivity index (χ2v) is 5.25. The van der Waals surface area contributed by atoms with Crippen molar-refractivity contribution in [2.24, 2.45) is 0 Å². The summed E-state index contributed by atoms with van der Waals surface area (Å²) in [7, 11) is 3.12. The monoisotopic (exact) mass is 350 g/mol. The number of rotatable bonds is 6. The van der Waals surface area contributed by atoms with E-state index in [2.05, 4.69) is 5.32 Å². The number of benzene rings is 1. The fraction of sp³-hybridized carbons (Fsp3) is 0.533. The molecule has 1 heterocycles. The first-order valence-electron chi connectivity index (χ1n) is 7.05. The maximum absolute atomic E-state index is 13.1. The van der Waals surface area contributed by atoms with E-state index in [1.165, 1.54) is 4.90 Å². The third-order valence-electron chi connectivity index (χ3n) is 3.54. The molecule has 1 aromatic carbocycles. The normalized spacial score (nSPS) is 18.9. The van der Waals surface area contributed by atoms with E-state index in [9.17, 15) is 13.6 Å². The summed E-state index contributed by atoms with van der Waals surface area (Å²) in [6.45, 7) is 0.112. The zero-order valence-corrected chi connectivity index (χ0v) is 13.9. The molecular weight excluding hydrogens is 330 g/mol. The van der Waals surface area contributed by atoms with Crippen molar-refractivity contribution in [3.05, 3.63) is 24.3 Å². The van der Waals surface area contributed by atoms with Gasteiger partial charge in [0.25, 0.3) is 5.92 Å². The first-order valence-corrected chi connectivity index (χ1v) is 7.05. The van der Waals surface area contributed by atoms with E-state index in [-0.39, 0.29) is 24.9 Å². The molecule has 2 rings (SSSR count). The van der Waals surface area contributed by atoms with E-state index in [1.807, 2.05) is 12.1 Å². The standard InChI is InChI=1S/C15H20F2N2O3.ClH/c1-19(14(20)11-9-15(16,17)10-18-11)7-8-22-13-6-4-3-5-12(13)21-2;/h3-6,11,18H,7-10H2,1-2H3;1H. The maximum Gasteiger partial charge on any atom is 0.262 e. The minimum absolute atomic E-state index is 0. The first-order chi connectivity index (χ1) is 10.4. The molecule has 1 saturated heterocycles. The molecule has 1 amide bonds. The number of para-hydroxylation sites is 2. The van der Waals surface area contributed by atoms with Crippen LogP contribution in [0.4, 0.5) is 8.78 Å². The van der Waals surface area contributed by atoms with Crippen LogP contribution in [0.1, 0.15) is 6.42 Å². The van der Waals surface area contributed by atoms with Crippen LogP contribution in [-0.2, 0) is 4.79 Å². The molecule has 1 N–H and O–H groups in total. The zero-order valence-electron chi connectivity index (χ0n) is 13.1. The Kier molecular flexibility index (Phi) is 7.02. The van der Waals surface area contributed by atoms with Gasteiger partial charge >= 0.3 is 0 Å². The minimum Gasteiger partial charge on any atom is -0.493 e. The lowest BCUT2D eigenvalue weighted by atomic mass is 10.2. The highest BCUT2D eigenvalue weighted by atomic mass is 35.5. The average Bonchev–Trinajstić information content (AvgIpc) is 2.87. The predicted molar refractivity (Wildman–Crippen MR) is 84.7 cm³/mol. The average molecular weight is 351 g/mol. The molecule has 23 heavy (non-hydrogen) atoms. The van der Waals surface area contributed by atoms with Gasteiger partial charge < -0.3 is 14.4 Å². The van der Waals surface area contributed by atoms with Gasteiger partial charge in [0.2, 0.25) is 5.91 Å². The van der Waals surface area contributed by atoms with Gasteiger partial charge in [-0.15, -0.1) is 12.4 Å². The highest BCUT2D eigenvalue weighted by Crippen LogP contribution is 2.26. The number of hydrogen-bond acceptors (Lipinski definition) is 4. The largest absolute Gasteiger partial charge is 0.493 e. The quantitative estimate of drug-likeness (QED) is 0.852. The lowest BCUT2D eigenvalue weighted by Gasteiger charge is -2.21. The van der Waals surface area contributed by atoms with Crippen LogP contribution in [-0.4, -0.2) is 56.6 Å². The third-order valence-corrected chi connectivity index (χ3v) is 3.54. The van der Waals surface area contributed by atoms with Crippen molar-refractivity contribution in [3.63, 3.8) is 0 Å². The number of nitrogens with one attached hydrogen (secondary N) is 1. The van der Waals surface area contributed by atoms with Crippen LogP contribution in [0.2, 0.25) is 0 Å². The molecule has 1 aromatic rings. The van der Waals surface area contributed by atoms with Gasteiger partial charge in [0.15, 0.2) is 11.5 Å². The molecule has 5 nitrogen and oxygen atoms in total. The second kappa shape index (κ2) is 8.31. The molecule has 0 saturated carbocycles. The van der Waals surface area contributed by atoms with Crippen molar-refractivity contribution in [2.75, 3.05) is 33.9 Å². The molecule has 1 atom stereocenters. The lowest BCUT2D eigenvalue weighted by Crippen LogP contribution is -2.43. The maximum atomic E-state index is 13.1. The van der Waals surface area contributed by atoms with E-state index in [0.717, 1.165) is 0 Å². The Labute approximate surface area is 140 Å². The molecule has 1 aliphatic rings. The highest BCUT2D eigenvalue weighted by Gasteiger charge is 2.43. The van der Waals surface area contributed by atoms with E-state index in [1.54, 1.807) is 26.3 Å². The van der Waals surface area contributed by atoms with Gasteiger partial charge in [0.05, 0.1) is 26.2 Å². The number of carbonyl (C=O) groups excluding carboxylic acids is 1. The van der Waals surface area contributed by atoms with Crippen LogP contribution in [0.5, 0.6) is 11.5 Å². The Hall–Kier alpha value is -1.60. The van der Waals surface area contributed by atoms with Crippen molar-refractivity contribution in [1.82, 2.24) is 10.2 Å². The number of hydrogen-bond donors (Lipinski definition) is 1. The summed E-state index contributed by atoms with van der Waals surface area (Å²) in [5, 5.41) is 2.55. The van der Waals surface area contributed by atoms with Crippen LogP contribution in [0.15, 0.2) is 24.3 Å². The van der Waals surface area contributed by atoms with Crippen molar-refractivity contribution in [3.8, 4) is 11.5 Å². The summed E-state index contributed by atoms with van der Waals surface area (Å²) in [5.74, 6) is -1.97. The van der Waals surface area contributed by atoms with Gasteiger partial charge in [-0.25, -0.2) is 8.78 Å². The number of nitrogens with zero attached hydrogens (tertiary/aromatic N) is 1. The van der Waals surface area contributed by atoms with E-state index >= 15 is 0 Å². The Balaban J connectivity index is 0.00000264. The highest BCUT2D eigenvalue weighted by molar-refractivity contribution is 5.85. The second-order valence-electron chi connectivity index (χ2n) is 5.25. The summed E-state index contributed by atoms with van der Waals surface area (Å²) in [6, 6.07) is 6.35. The molecule has 0 bridgehead atoms. The summed E-state index contributed by atoms with van der Waals surface area (Å²) in [5.41, 5.74) is 0. The number of ether oxygens (including phenoxy) is 2. The Morgan fingerprint density at radius 1 is 1.39 bits per heavy atom. The summed E-state index contributed by atoms with van der Waals surface area (Å²) in [6.07, 6.45) is -0.455. The van der Waals surface area contributed by atoms with Gasteiger partial charge in [0.1, 0.15) is 6.61 Å². The molecule has 1 aliphatic heterocycles. The zero-order chi connectivity index (χ0) is 16.2. The Bertz CT molecular complexity index is 531. The molecular formula is C15H21ClF2N2O3. The summed E-state index contributed by atoms with van der Waals surface area (Å²) >= 11 is 0. The van der Waals surface area contributed by atoms with E-state index in [4.69, 9.17) is 9.47 Å². The molecule has 0 spiro atoms. The number of halogens is 3. The molecule has 0 radical (unpaired) electrons. The molecule has 0 aliphatic carbocycles. The summed E-state index contributed by atoms with van der Waals surface area (Å²) < 4.78 is 36.9. The predicted octanol–water partition coefficient (Wildman–Crippen LogP) is 1.95. The smallest absolute Gasteiger partial charge is 0.262 e. The van der Waals surface area contributed by atoms with Crippen molar-refractivity contribution >= 4 is 18.3 Å². The molecule has 0 aromatic heterocycles. The molecule has 8 heteroatoms. The van der Waals surface area contributed by atoms with Crippen LogP contribution in [0.3, 0.4) is 0 Å². The number of carbonyl (C=O) groups is 1. The van der Waals surface area contributed by atoms with Gasteiger partial charge in [-0.2, -0.15) is 0 Å². The molecule has 130 valence electrons. The van der Waals surface area contributed by atoms with Crippen molar-refractivity contribution in [2.45, 2.75) is 18.4 Å². The van der Waals surface area contributed by atoms with Crippen LogP contribution in [0, 0.1) is 0 Å². The number of alkyl halides is 2. The number of likely N-dealkylation sites (N-methyl/N-ethyl adjacent to an activating group) is 1. The van der Waals surface area contributed by atoms with Gasteiger partial charge in [-0.1, -0.05) is 12.1 Å². The van der Waals surface area contributed by atoms with Crippen molar-refractivity contribution < 1.29 is 23.0 Å². The topological polar surface area (TPSA) is 50.8 Å². The fourth-order valence-corrected chi connectivity index (χ4v) is 2.30. The Morgan fingerprint density at radius 3 is 2.61 bits per heavy atom. The van der Waals surface area contributed by atoms with Crippen LogP contribution in [0.25, 0.3) is 0 Å². The van der Waals surface area contributed by atoms with Crippen LogP contribution >= 0.6 is 12.4 Å². The lowest BCUT2D eigenvalue weighted by molar-refractivity contribution is -0.132. The first kappa shape index (κ1) is 19.4. The van der Waals surface area contributed by atoms with Gasteiger partial charge in [-0.05, 0) is 12.1 Å². The van der Waals surface area contributed by atoms with Crippen molar-refractivity contribution in [1.29, 1.82) is 0 Å². The Morgan fingerprint density at radius 2 is 2.04 bits per heavy atom.